The molecule has 2 heterocycles. The maximum atomic E-state index is 13.4. The fourth-order valence-electron chi connectivity index (χ4n) is 3.64. The van der Waals surface area contributed by atoms with Crippen LogP contribution in [-0.4, -0.2) is 67.2 Å². The Morgan fingerprint density at radius 1 is 1.25 bits per heavy atom. The quantitative estimate of drug-likeness (QED) is 0.626. The Hall–Kier alpha value is -2.22. The molecule has 1 saturated heterocycles. The Kier molecular flexibility index (Phi) is 7.59. The van der Waals surface area contributed by atoms with Crippen molar-refractivity contribution in [2.45, 2.75) is 12.5 Å². The summed E-state index contributed by atoms with van der Waals surface area (Å²) in [6.07, 6.45) is 3.88. The molecular formula is C21H30N4O3. The number of ether oxygens (including phenoxy) is 2. The number of carbonyl (C=O) groups excluding carboxylic acids is 1. The van der Waals surface area contributed by atoms with Crippen LogP contribution in [0.4, 0.5) is 0 Å². The molecule has 1 aromatic heterocycles. The zero-order valence-corrected chi connectivity index (χ0v) is 16.7. The van der Waals surface area contributed by atoms with E-state index in [-0.39, 0.29) is 17.7 Å². The number of nitrogens with one attached hydrogen (secondary N) is 1. The van der Waals surface area contributed by atoms with Crippen LogP contribution in [0.25, 0.3) is 0 Å². The van der Waals surface area contributed by atoms with Gasteiger partial charge in [0.15, 0.2) is 0 Å². The zero-order chi connectivity index (χ0) is 19.8. The van der Waals surface area contributed by atoms with Crippen LogP contribution < -0.4 is 5.32 Å². The topological polar surface area (TPSA) is 68.6 Å². The van der Waals surface area contributed by atoms with E-state index < -0.39 is 0 Å². The van der Waals surface area contributed by atoms with Crippen LogP contribution in [0.2, 0.25) is 0 Å². The van der Waals surface area contributed by atoms with Crippen LogP contribution in [-0.2, 0) is 27.9 Å². The lowest BCUT2D eigenvalue weighted by molar-refractivity contribution is -0.136. The molecule has 0 aliphatic carbocycles. The third-order valence-corrected chi connectivity index (χ3v) is 5.15. The molecule has 7 heteroatoms. The molecule has 152 valence electrons. The summed E-state index contributed by atoms with van der Waals surface area (Å²) >= 11 is 0. The molecule has 2 atom stereocenters. The van der Waals surface area contributed by atoms with Crippen molar-refractivity contribution < 1.29 is 14.3 Å². The monoisotopic (exact) mass is 386 g/mol. The third kappa shape index (κ3) is 5.41. The molecule has 1 amide bonds. The number of aromatic nitrogens is 2. The van der Waals surface area contributed by atoms with Gasteiger partial charge in [0.2, 0.25) is 5.91 Å². The number of rotatable bonds is 10. The van der Waals surface area contributed by atoms with E-state index in [0.717, 1.165) is 17.7 Å². The summed E-state index contributed by atoms with van der Waals surface area (Å²) in [5.74, 6) is 0.221. The van der Waals surface area contributed by atoms with E-state index in [0.29, 0.717) is 39.5 Å². The fourth-order valence-corrected chi connectivity index (χ4v) is 3.64. The maximum Gasteiger partial charge on any atom is 0.228 e. The average molecular weight is 386 g/mol. The third-order valence-electron chi connectivity index (χ3n) is 5.15. The lowest BCUT2D eigenvalue weighted by atomic mass is 9.89. The normalized spacial score (nSPS) is 19.1. The summed E-state index contributed by atoms with van der Waals surface area (Å²) in [5, 5.41) is 7.66. The van der Waals surface area contributed by atoms with Crippen LogP contribution >= 0.6 is 0 Å². The second-order valence-electron chi connectivity index (χ2n) is 7.17. The molecule has 2 aromatic rings. The molecule has 0 bridgehead atoms. The van der Waals surface area contributed by atoms with Crippen molar-refractivity contribution in [3.63, 3.8) is 0 Å². The minimum atomic E-state index is -0.0908. The maximum absolute atomic E-state index is 13.4. The molecule has 1 fully saturated rings. The standard InChI is InChI=1S/C21H30N4O3/c1-24-16-18(12-23-24)19-13-22-14-20(19)21(26)25(8-9-28-11-10-27-2)15-17-6-4-3-5-7-17/h3-7,12,16,19-20,22H,8-11,13-15H2,1-2H3/t19-,20+/m1/s1. The first-order chi connectivity index (χ1) is 13.7. The Morgan fingerprint density at radius 3 is 2.79 bits per heavy atom. The highest BCUT2D eigenvalue weighted by molar-refractivity contribution is 5.80. The van der Waals surface area contributed by atoms with Crippen LogP contribution in [0.3, 0.4) is 0 Å². The number of nitrogens with zero attached hydrogens (tertiary/aromatic N) is 3. The largest absolute Gasteiger partial charge is 0.382 e. The minimum absolute atomic E-state index is 0.0908. The van der Waals surface area contributed by atoms with Gasteiger partial charge in [0, 0.05) is 52.5 Å². The summed E-state index contributed by atoms with van der Waals surface area (Å²) < 4.78 is 12.4. The molecule has 7 nitrogen and oxygen atoms in total. The van der Waals surface area contributed by atoms with Crippen molar-refractivity contribution in [1.82, 2.24) is 20.0 Å². The number of amides is 1. The molecule has 0 radical (unpaired) electrons. The van der Waals surface area contributed by atoms with Crippen LogP contribution in [0.1, 0.15) is 17.0 Å². The molecule has 0 saturated carbocycles. The van der Waals surface area contributed by atoms with Gasteiger partial charge in [-0.25, -0.2) is 0 Å². The number of methoxy groups -OCH3 is 1. The van der Waals surface area contributed by atoms with Gasteiger partial charge in [0.1, 0.15) is 0 Å². The predicted octanol–water partition coefficient (Wildman–Crippen LogP) is 1.41. The highest BCUT2D eigenvalue weighted by Crippen LogP contribution is 2.29. The van der Waals surface area contributed by atoms with E-state index in [1.165, 1.54) is 0 Å². The highest BCUT2D eigenvalue weighted by Gasteiger charge is 2.37. The van der Waals surface area contributed by atoms with Crippen molar-refractivity contribution in [2.75, 3.05) is 46.6 Å². The second kappa shape index (κ2) is 10.4. The number of benzene rings is 1. The van der Waals surface area contributed by atoms with Gasteiger partial charge in [-0.2, -0.15) is 5.10 Å². The lowest BCUT2D eigenvalue weighted by Gasteiger charge is -2.28. The number of carbonyl (C=O) groups is 1. The van der Waals surface area contributed by atoms with Crippen LogP contribution in [0.5, 0.6) is 0 Å². The summed E-state index contributed by atoms with van der Waals surface area (Å²) in [6, 6.07) is 10.1. The van der Waals surface area contributed by atoms with E-state index in [9.17, 15) is 4.79 Å². The van der Waals surface area contributed by atoms with Crippen molar-refractivity contribution in [3.05, 3.63) is 53.9 Å². The van der Waals surface area contributed by atoms with Gasteiger partial charge in [-0.15, -0.1) is 0 Å². The van der Waals surface area contributed by atoms with Gasteiger partial charge in [-0.1, -0.05) is 30.3 Å². The number of aryl methyl sites for hydroxylation is 1. The summed E-state index contributed by atoms with van der Waals surface area (Å²) in [7, 11) is 3.56. The molecular weight excluding hydrogens is 356 g/mol. The van der Waals surface area contributed by atoms with E-state index in [2.05, 4.69) is 22.5 Å². The van der Waals surface area contributed by atoms with Gasteiger partial charge in [0.25, 0.3) is 0 Å². The van der Waals surface area contributed by atoms with Gasteiger partial charge < -0.3 is 19.7 Å². The average Bonchev–Trinajstić information content (AvgIpc) is 3.36. The predicted molar refractivity (Wildman–Crippen MR) is 107 cm³/mol. The molecule has 1 N–H and O–H groups in total. The first-order valence-electron chi connectivity index (χ1n) is 9.77. The van der Waals surface area contributed by atoms with Crippen LogP contribution in [0, 0.1) is 5.92 Å². The van der Waals surface area contributed by atoms with Crippen molar-refractivity contribution >= 4 is 5.91 Å². The summed E-state index contributed by atoms with van der Waals surface area (Å²) in [6.45, 7) is 4.23. The summed E-state index contributed by atoms with van der Waals surface area (Å²) in [5.41, 5.74) is 2.23. The highest BCUT2D eigenvalue weighted by atomic mass is 16.5. The van der Waals surface area contributed by atoms with Gasteiger partial charge >= 0.3 is 0 Å². The molecule has 1 aliphatic heterocycles. The Bertz CT molecular complexity index is 734. The smallest absolute Gasteiger partial charge is 0.228 e. The number of hydrogen-bond donors (Lipinski definition) is 1. The molecule has 0 spiro atoms. The second-order valence-corrected chi connectivity index (χ2v) is 7.17. The van der Waals surface area contributed by atoms with E-state index in [1.807, 2.05) is 42.5 Å². The SMILES string of the molecule is COCCOCCN(Cc1ccccc1)C(=O)[C@H]1CNC[C@@H]1c1cnn(C)c1. The Labute approximate surface area is 166 Å². The molecule has 3 rings (SSSR count). The lowest BCUT2D eigenvalue weighted by Crippen LogP contribution is -2.40. The minimum Gasteiger partial charge on any atom is -0.382 e. The summed E-state index contributed by atoms with van der Waals surface area (Å²) in [4.78, 5) is 15.4. The van der Waals surface area contributed by atoms with Crippen molar-refractivity contribution in [1.29, 1.82) is 0 Å². The van der Waals surface area contributed by atoms with Gasteiger partial charge in [0.05, 0.1) is 31.9 Å². The fraction of sp³-hybridized carbons (Fsp3) is 0.524. The van der Waals surface area contributed by atoms with Gasteiger partial charge in [-0.05, 0) is 11.1 Å². The van der Waals surface area contributed by atoms with Crippen molar-refractivity contribution in [3.8, 4) is 0 Å². The first-order valence-corrected chi connectivity index (χ1v) is 9.77. The zero-order valence-electron chi connectivity index (χ0n) is 16.7. The van der Waals surface area contributed by atoms with Crippen LogP contribution in [0.15, 0.2) is 42.7 Å². The van der Waals surface area contributed by atoms with E-state index >= 15 is 0 Å². The Morgan fingerprint density at radius 2 is 2.07 bits per heavy atom. The van der Waals surface area contributed by atoms with Crippen molar-refractivity contribution in [2.24, 2.45) is 13.0 Å². The Balaban J connectivity index is 1.69. The van der Waals surface area contributed by atoms with E-state index in [1.54, 1.807) is 11.8 Å². The first kappa shape index (κ1) is 20.5. The van der Waals surface area contributed by atoms with Gasteiger partial charge in [-0.3, -0.25) is 9.48 Å². The van der Waals surface area contributed by atoms with E-state index in [4.69, 9.17) is 9.47 Å². The molecule has 1 aliphatic rings. The molecule has 1 aromatic carbocycles. The molecule has 0 unspecified atom stereocenters. The number of hydrogen-bond acceptors (Lipinski definition) is 5. The molecule has 28 heavy (non-hydrogen) atoms.